The van der Waals surface area contributed by atoms with E-state index in [9.17, 15) is 9.59 Å². The predicted molar refractivity (Wildman–Crippen MR) is 91.4 cm³/mol. The van der Waals surface area contributed by atoms with E-state index in [1.165, 1.54) is 24.4 Å². The lowest BCUT2D eigenvalue weighted by molar-refractivity contribution is -0.139. The molecular weight excluding hydrogens is 328 g/mol. The first kappa shape index (κ1) is 17.2. The van der Waals surface area contributed by atoms with Crippen molar-refractivity contribution in [3.05, 3.63) is 35.9 Å². The van der Waals surface area contributed by atoms with E-state index in [1.807, 2.05) is 18.2 Å². The Morgan fingerprint density at radius 1 is 1.42 bits per heavy atom. The first-order valence-electron chi connectivity index (χ1n) is 7.92. The Balaban J connectivity index is 1.65. The summed E-state index contributed by atoms with van der Waals surface area (Å²) in [5.74, 6) is -0.459. The average molecular weight is 350 g/mol. The maximum absolute atomic E-state index is 12.4. The van der Waals surface area contributed by atoms with Crippen molar-refractivity contribution in [2.24, 2.45) is 5.92 Å². The van der Waals surface area contributed by atoms with Crippen molar-refractivity contribution in [1.29, 1.82) is 0 Å². The van der Waals surface area contributed by atoms with Crippen LogP contribution >= 0.6 is 11.8 Å². The third-order valence-electron chi connectivity index (χ3n) is 4.23. The van der Waals surface area contributed by atoms with Crippen LogP contribution in [0.15, 0.2) is 30.3 Å². The molecule has 2 fully saturated rings. The predicted octanol–water partition coefficient (Wildman–Crippen LogP) is 0.247. The average Bonchev–Trinajstić information content (AvgIpc) is 2.98. The van der Waals surface area contributed by atoms with E-state index in [0.717, 1.165) is 0 Å². The number of esters is 1. The van der Waals surface area contributed by atoms with Crippen molar-refractivity contribution < 1.29 is 14.3 Å². The molecule has 3 rings (SSSR count). The van der Waals surface area contributed by atoms with Crippen LogP contribution in [0.1, 0.15) is 12.5 Å². The highest BCUT2D eigenvalue weighted by molar-refractivity contribution is 8.01. The number of methoxy groups -OCH3 is 1. The molecule has 0 aromatic heterocycles. The zero-order valence-electron chi connectivity index (χ0n) is 13.7. The van der Waals surface area contributed by atoms with Gasteiger partial charge in [0.05, 0.1) is 19.2 Å². The van der Waals surface area contributed by atoms with E-state index in [0.29, 0.717) is 13.1 Å². The lowest BCUT2D eigenvalue weighted by Crippen LogP contribution is -2.63. The van der Waals surface area contributed by atoms with E-state index in [4.69, 9.17) is 4.74 Å². The number of ether oxygens (including phenoxy) is 1. The van der Waals surface area contributed by atoms with Crippen molar-refractivity contribution in [3.63, 3.8) is 0 Å². The molecule has 4 atom stereocenters. The topological polar surface area (TPSA) is 82.7 Å². The van der Waals surface area contributed by atoms with Crippen LogP contribution in [0.4, 0.5) is 0 Å². The van der Waals surface area contributed by atoms with Gasteiger partial charge in [-0.05, 0) is 12.5 Å². The Bertz CT molecular complexity index is 600. The molecule has 24 heavy (non-hydrogen) atoms. The number of amides is 1. The summed E-state index contributed by atoms with van der Waals surface area (Å²) in [6.07, 6.45) is -0.110. The summed E-state index contributed by atoms with van der Waals surface area (Å²) >= 11 is 1.34. The minimum atomic E-state index is -0.360. The summed E-state index contributed by atoms with van der Waals surface area (Å²) in [4.78, 5) is 24.0. The molecule has 0 aliphatic carbocycles. The molecule has 0 radical (unpaired) electrons. The second-order valence-electron chi connectivity index (χ2n) is 5.88. The van der Waals surface area contributed by atoms with Crippen molar-refractivity contribution >= 4 is 23.6 Å². The van der Waals surface area contributed by atoms with Crippen molar-refractivity contribution in [3.8, 4) is 0 Å². The molecule has 3 N–H and O–H groups in total. The second kappa shape index (κ2) is 7.52. The van der Waals surface area contributed by atoms with Crippen LogP contribution in [-0.4, -0.2) is 47.5 Å². The van der Waals surface area contributed by atoms with Crippen LogP contribution in [0.3, 0.4) is 0 Å². The highest BCUT2D eigenvalue weighted by Gasteiger charge is 2.44. The van der Waals surface area contributed by atoms with Crippen LogP contribution in [0.25, 0.3) is 0 Å². The molecule has 2 aliphatic heterocycles. The molecule has 0 spiro atoms. The zero-order chi connectivity index (χ0) is 17.1. The van der Waals surface area contributed by atoms with Gasteiger partial charge in [-0.25, -0.2) is 5.01 Å². The molecule has 8 heteroatoms. The monoisotopic (exact) mass is 350 g/mol. The van der Waals surface area contributed by atoms with Crippen molar-refractivity contribution in [2.75, 3.05) is 13.7 Å². The molecule has 7 nitrogen and oxygen atoms in total. The number of hydrazine groups is 1. The summed E-state index contributed by atoms with van der Waals surface area (Å²) in [5.41, 5.74) is 4.14. The third kappa shape index (κ3) is 3.72. The lowest BCUT2D eigenvalue weighted by Gasteiger charge is -2.37. The van der Waals surface area contributed by atoms with Crippen LogP contribution < -0.4 is 16.1 Å². The van der Waals surface area contributed by atoms with Gasteiger partial charge in [-0.15, -0.1) is 11.8 Å². The maximum Gasteiger partial charge on any atom is 0.318 e. The Hall–Kier alpha value is -1.61. The fourth-order valence-corrected chi connectivity index (χ4v) is 3.97. The SMILES string of the molecule is COC(=O)C(C)SC1NC(=O)C2CNN(Cc3ccccc3)C2N1. The van der Waals surface area contributed by atoms with Gasteiger partial charge in [-0.1, -0.05) is 30.3 Å². The van der Waals surface area contributed by atoms with Crippen LogP contribution in [-0.2, 0) is 20.9 Å². The number of hydrogen-bond acceptors (Lipinski definition) is 7. The third-order valence-corrected chi connectivity index (χ3v) is 5.36. The number of carbonyl (C=O) groups excluding carboxylic acids is 2. The minimum Gasteiger partial charge on any atom is -0.468 e. The summed E-state index contributed by atoms with van der Waals surface area (Å²) in [6, 6.07) is 10.1. The quantitative estimate of drug-likeness (QED) is 0.657. The number of benzene rings is 1. The molecule has 4 unspecified atom stereocenters. The minimum absolute atomic E-state index is 0.00335. The Kier molecular flexibility index (Phi) is 5.40. The summed E-state index contributed by atoms with van der Waals surface area (Å²) in [6.45, 7) is 3.07. The second-order valence-corrected chi connectivity index (χ2v) is 7.33. The van der Waals surface area contributed by atoms with Crippen LogP contribution in [0.5, 0.6) is 0 Å². The summed E-state index contributed by atoms with van der Waals surface area (Å²) in [5, 5.41) is 8.02. The highest BCUT2D eigenvalue weighted by Crippen LogP contribution is 2.25. The Morgan fingerprint density at radius 2 is 2.17 bits per heavy atom. The lowest BCUT2D eigenvalue weighted by atomic mass is 10.1. The standard InChI is InChI=1S/C16H22N4O3S/c1-10(15(22)23-2)24-16-18-13-12(14(21)19-16)8-17-20(13)9-11-6-4-3-5-7-11/h3-7,10,12-13,16-18H,8-9H2,1-2H3,(H,19,21). The molecule has 1 amide bonds. The summed E-state index contributed by atoms with van der Waals surface area (Å²) in [7, 11) is 1.37. The number of nitrogens with one attached hydrogen (secondary N) is 3. The van der Waals surface area contributed by atoms with Gasteiger partial charge < -0.3 is 10.1 Å². The van der Waals surface area contributed by atoms with Crippen molar-refractivity contribution in [1.82, 2.24) is 21.1 Å². The number of fused-ring (bicyclic) bond motifs is 1. The Morgan fingerprint density at radius 3 is 2.88 bits per heavy atom. The highest BCUT2D eigenvalue weighted by atomic mass is 32.2. The van der Waals surface area contributed by atoms with Gasteiger partial charge in [0.15, 0.2) is 0 Å². The number of thioether (sulfide) groups is 1. The van der Waals surface area contributed by atoms with Gasteiger partial charge >= 0.3 is 5.97 Å². The van der Waals surface area contributed by atoms with E-state index in [-0.39, 0.29) is 34.7 Å². The van der Waals surface area contributed by atoms with E-state index >= 15 is 0 Å². The molecule has 2 heterocycles. The van der Waals surface area contributed by atoms with Gasteiger partial charge in [0.25, 0.3) is 0 Å². The van der Waals surface area contributed by atoms with Gasteiger partial charge in [-0.2, -0.15) is 0 Å². The zero-order valence-corrected chi connectivity index (χ0v) is 14.5. The molecule has 2 aliphatic rings. The van der Waals surface area contributed by atoms with Crippen LogP contribution in [0.2, 0.25) is 0 Å². The van der Waals surface area contributed by atoms with Crippen LogP contribution in [0, 0.1) is 5.92 Å². The van der Waals surface area contributed by atoms with E-state index in [1.54, 1.807) is 6.92 Å². The molecule has 0 bridgehead atoms. The van der Waals surface area contributed by atoms with Gasteiger partial charge in [0.1, 0.15) is 10.7 Å². The largest absolute Gasteiger partial charge is 0.468 e. The summed E-state index contributed by atoms with van der Waals surface area (Å²) < 4.78 is 4.74. The fourth-order valence-electron chi connectivity index (χ4n) is 2.95. The molecule has 1 aromatic carbocycles. The number of carbonyl (C=O) groups is 2. The number of hydrogen-bond donors (Lipinski definition) is 3. The number of nitrogens with zero attached hydrogens (tertiary/aromatic N) is 1. The normalized spacial score (nSPS) is 28.1. The van der Waals surface area contributed by atoms with Gasteiger partial charge in [0.2, 0.25) is 5.91 Å². The maximum atomic E-state index is 12.4. The van der Waals surface area contributed by atoms with Gasteiger partial charge in [-0.3, -0.25) is 20.3 Å². The van der Waals surface area contributed by atoms with Gasteiger partial charge in [0, 0.05) is 13.1 Å². The Labute approximate surface area is 145 Å². The molecule has 130 valence electrons. The fraction of sp³-hybridized carbons (Fsp3) is 0.500. The van der Waals surface area contributed by atoms with E-state index in [2.05, 4.69) is 33.2 Å². The molecule has 0 saturated carbocycles. The van der Waals surface area contributed by atoms with E-state index < -0.39 is 0 Å². The molecular formula is C16H22N4O3S. The smallest absolute Gasteiger partial charge is 0.318 e. The van der Waals surface area contributed by atoms with Crippen molar-refractivity contribution in [2.45, 2.75) is 30.4 Å². The molecule has 1 aromatic rings. The number of rotatable bonds is 5. The molecule has 2 saturated heterocycles. The first-order valence-corrected chi connectivity index (χ1v) is 8.86. The first-order chi connectivity index (χ1) is 11.6.